The molecule has 2 aromatic rings. The van der Waals surface area contributed by atoms with Gasteiger partial charge in [0.2, 0.25) is 0 Å². The van der Waals surface area contributed by atoms with Crippen LogP contribution >= 0.6 is 0 Å². The largest absolute Gasteiger partial charge is 0.497 e. The average molecular weight is 365 g/mol. The van der Waals surface area contributed by atoms with E-state index in [9.17, 15) is 9.59 Å². The Kier molecular flexibility index (Phi) is 5.54. The molecule has 0 spiro atoms. The summed E-state index contributed by atoms with van der Waals surface area (Å²) in [6, 6.07) is 16.6. The molecule has 0 N–H and O–H groups in total. The van der Waals surface area contributed by atoms with E-state index in [1.807, 2.05) is 54.6 Å². The number of benzene rings is 2. The smallest absolute Gasteiger partial charge is 0.270 e. The highest BCUT2D eigenvalue weighted by Gasteiger charge is 2.35. The number of amides is 1. The summed E-state index contributed by atoms with van der Waals surface area (Å²) in [7, 11) is 3.36. The maximum absolute atomic E-state index is 12.9. The molecule has 1 aliphatic rings. The summed E-state index contributed by atoms with van der Waals surface area (Å²) in [5.41, 5.74) is 2.20. The van der Waals surface area contributed by atoms with E-state index in [1.54, 1.807) is 24.1 Å². The maximum atomic E-state index is 12.9. The summed E-state index contributed by atoms with van der Waals surface area (Å²) in [4.78, 5) is 26.5. The summed E-state index contributed by atoms with van der Waals surface area (Å²) in [6.45, 7) is 1.99. The number of Topliss-reactive ketones (excluding diaryl/α,β-unsaturated/α-hetero) is 1. The van der Waals surface area contributed by atoms with Gasteiger partial charge in [-0.15, -0.1) is 0 Å². The van der Waals surface area contributed by atoms with E-state index in [-0.39, 0.29) is 11.7 Å². The number of ketones is 1. The first-order valence-corrected chi connectivity index (χ1v) is 8.80. The number of methoxy groups -OCH3 is 1. The van der Waals surface area contributed by atoms with Crippen LogP contribution in [0.15, 0.2) is 59.7 Å². The van der Waals surface area contributed by atoms with Gasteiger partial charge in [0.05, 0.1) is 12.8 Å². The third-order valence-corrected chi connectivity index (χ3v) is 4.57. The van der Waals surface area contributed by atoms with Crippen LogP contribution in [0.4, 0.5) is 5.69 Å². The minimum absolute atomic E-state index is 0.0109. The molecule has 1 atom stereocenters. The highest BCUT2D eigenvalue weighted by Crippen LogP contribution is 2.25. The molecule has 0 bridgehead atoms. The number of carbonyl (C=O) groups is 2. The zero-order valence-corrected chi connectivity index (χ0v) is 15.8. The average Bonchev–Trinajstić information content (AvgIpc) is 3.14. The molecule has 0 saturated heterocycles. The molecule has 1 unspecified atom stereocenters. The van der Waals surface area contributed by atoms with E-state index in [1.165, 1.54) is 6.92 Å². The third kappa shape index (κ3) is 4.16. The molecule has 0 saturated carbocycles. The van der Waals surface area contributed by atoms with Gasteiger partial charge in [-0.1, -0.05) is 30.3 Å². The minimum Gasteiger partial charge on any atom is -0.497 e. The van der Waals surface area contributed by atoms with Gasteiger partial charge in [-0.05, 0) is 36.8 Å². The van der Waals surface area contributed by atoms with Gasteiger partial charge in [-0.3, -0.25) is 14.6 Å². The number of ether oxygens (including phenoxy) is 1. The van der Waals surface area contributed by atoms with Crippen LogP contribution in [0, 0.1) is 0 Å². The Hall–Kier alpha value is -3.15. The Morgan fingerprint density at radius 3 is 2.41 bits per heavy atom. The van der Waals surface area contributed by atoms with Crippen molar-refractivity contribution in [1.82, 2.24) is 4.90 Å². The van der Waals surface area contributed by atoms with Crippen molar-refractivity contribution in [1.29, 1.82) is 0 Å². The Morgan fingerprint density at radius 2 is 1.81 bits per heavy atom. The van der Waals surface area contributed by atoms with Crippen LogP contribution in [-0.4, -0.2) is 42.5 Å². The van der Waals surface area contributed by atoms with Crippen LogP contribution in [0.25, 0.3) is 0 Å². The number of hydrazone groups is 1. The van der Waals surface area contributed by atoms with Crippen molar-refractivity contribution in [2.75, 3.05) is 19.2 Å². The predicted molar refractivity (Wildman–Crippen MR) is 105 cm³/mol. The fraction of sp³-hybridized carbons (Fsp3) is 0.286. The van der Waals surface area contributed by atoms with Crippen LogP contribution in [0.1, 0.15) is 18.9 Å². The Bertz CT molecular complexity index is 847. The topological polar surface area (TPSA) is 62.2 Å². The van der Waals surface area contributed by atoms with Crippen LogP contribution in [0.3, 0.4) is 0 Å². The van der Waals surface area contributed by atoms with Gasteiger partial charge < -0.3 is 9.64 Å². The Labute approximate surface area is 159 Å². The fourth-order valence-corrected chi connectivity index (χ4v) is 3.07. The molecule has 2 aromatic carbocycles. The molecule has 27 heavy (non-hydrogen) atoms. The zero-order valence-electron chi connectivity index (χ0n) is 15.8. The van der Waals surface area contributed by atoms with E-state index >= 15 is 0 Å². The molecular weight excluding hydrogens is 342 g/mol. The van der Waals surface area contributed by atoms with Crippen LogP contribution in [0.2, 0.25) is 0 Å². The van der Waals surface area contributed by atoms with Crippen molar-refractivity contribution in [3.8, 4) is 5.75 Å². The molecule has 0 radical (unpaired) electrons. The van der Waals surface area contributed by atoms with Crippen molar-refractivity contribution < 1.29 is 14.3 Å². The molecular formula is C21H23N3O3. The molecule has 0 aromatic heterocycles. The first-order valence-electron chi connectivity index (χ1n) is 8.80. The van der Waals surface area contributed by atoms with Crippen molar-refractivity contribution in [3.63, 3.8) is 0 Å². The lowest BCUT2D eigenvalue weighted by Crippen LogP contribution is -2.35. The fourth-order valence-electron chi connectivity index (χ4n) is 3.07. The molecule has 3 rings (SSSR count). The van der Waals surface area contributed by atoms with Gasteiger partial charge in [0.25, 0.3) is 5.91 Å². The molecule has 0 fully saturated rings. The second-order valence-corrected chi connectivity index (χ2v) is 6.57. The maximum Gasteiger partial charge on any atom is 0.270 e. The normalized spacial score (nSPS) is 16.0. The molecule has 1 aliphatic heterocycles. The number of hydrogen-bond donors (Lipinski definition) is 0. The van der Waals surface area contributed by atoms with E-state index in [4.69, 9.17) is 4.74 Å². The van der Waals surface area contributed by atoms with Crippen LogP contribution < -0.4 is 9.75 Å². The monoisotopic (exact) mass is 365 g/mol. The van der Waals surface area contributed by atoms with E-state index in [2.05, 4.69) is 5.10 Å². The molecule has 1 heterocycles. The van der Waals surface area contributed by atoms with Crippen molar-refractivity contribution in [2.24, 2.45) is 5.10 Å². The van der Waals surface area contributed by atoms with Gasteiger partial charge in [0.1, 0.15) is 17.5 Å². The number of nitrogens with zero attached hydrogens (tertiary/aromatic N) is 3. The second kappa shape index (κ2) is 8.03. The van der Waals surface area contributed by atoms with Crippen molar-refractivity contribution in [3.05, 3.63) is 60.2 Å². The van der Waals surface area contributed by atoms with Gasteiger partial charge in [-0.25, -0.2) is 0 Å². The number of rotatable bonds is 6. The van der Waals surface area contributed by atoms with E-state index in [0.29, 0.717) is 18.7 Å². The van der Waals surface area contributed by atoms with Gasteiger partial charge in [0.15, 0.2) is 5.78 Å². The van der Waals surface area contributed by atoms with Crippen LogP contribution in [-0.2, 0) is 16.1 Å². The molecule has 1 amide bonds. The lowest BCUT2D eigenvalue weighted by molar-refractivity contribution is -0.123. The zero-order chi connectivity index (χ0) is 19.4. The first kappa shape index (κ1) is 18.6. The first-order chi connectivity index (χ1) is 13.0. The lowest BCUT2D eigenvalue weighted by Gasteiger charge is -2.20. The van der Waals surface area contributed by atoms with Crippen molar-refractivity contribution >= 4 is 23.1 Å². The number of carbonyl (C=O) groups excluding carboxylic acids is 2. The quantitative estimate of drug-likeness (QED) is 0.790. The van der Waals surface area contributed by atoms with E-state index in [0.717, 1.165) is 17.0 Å². The highest BCUT2D eigenvalue weighted by molar-refractivity contribution is 6.40. The van der Waals surface area contributed by atoms with Gasteiger partial charge in [0, 0.05) is 20.0 Å². The summed E-state index contributed by atoms with van der Waals surface area (Å²) >= 11 is 0. The summed E-state index contributed by atoms with van der Waals surface area (Å²) < 4.78 is 5.15. The van der Waals surface area contributed by atoms with Gasteiger partial charge in [-0.2, -0.15) is 5.10 Å². The predicted octanol–water partition coefficient (Wildman–Crippen LogP) is 2.88. The second-order valence-electron chi connectivity index (χ2n) is 6.57. The lowest BCUT2D eigenvalue weighted by atomic mass is 10.1. The molecule has 140 valence electrons. The molecule has 0 aliphatic carbocycles. The van der Waals surface area contributed by atoms with Crippen LogP contribution in [0.5, 0.6) is 5.75 Å². The number of para-hydroxylation sites is 1. The minimum atomic E-state index is -0.444. The van der Waals surface area contributed by atoms with Gasteiger partial charge >= 0.3 is 0 Å². The summed E-state index contributed by atoms with van der Waals surface area (Å²) in [6.07, 6.45) is 0.315. The Morgan fingerprint density at radius 1 is 1.15 bits per heavy atom. The molecule has 6 nitrogen and oxygen atoms in total. The molecule has 6 heteroatoms. The summed E-state index contributed by atoms with van der Waals surface area (Å²) in [5, 5.41) is 6.12. The SMILES string of the molecule is COc1ccc(CN(C)C(=O)C2=NN(c3ccccc3)C(C(C)=O)C2)cc1. The number of anilines is 1. The Balaban J connectivity index is 1.75. The standard InChI is InChI=1S/C21H23N3O3/c1-15(25)20-13-19(22-24(20)17-7-5-4-6-8-17)21(26)23(2)14-16-9-11-18(27-3)12-10-16/h4-12,20H,13-14H2,1-3H3. The van der Waals surface area contributed by atoms with Crippen molar-refractivity contribution in [2.45, 2.75) is 25.9 Å². The van der Waals surface area contributed by atoms with E-state index < -0.39 is 6.04 Å². The summed E-state index contributed by atoms with van der Waals surface area (Å²) in [5.74, 6) is 0.592. The number of hydrogen-bond acceptors (Lipinski definition) is 5. The highest BCUT2D eigenvalue weighted by atomic mass is 16.5. The third-order valence-electron chi connectivity index (χ3n) is 4.57.